The molecular formula is C17H18Cl3NO3S. The minimum absolute atomic E-state index is 0.0133. The number of sulfonamides is 1. The summed E-state index contributed by atoms with van der Waals surface area (Å²) in [5, 5.41) is -1.25. The van der Waals surface area contributed by atoms with Crippen LogP contribution < -0.4 is 0 Å². The molecule has 2 unspecified atom stereocenters. The van der Waals surface area contributed by atoms with Crippen molar-refractivity contribution in [3.63, 3.8) is 0 Å². The third kappa shape index (κ3) is 3.80. The lowest BCUT2D eigenvalue weighted by Gasteiger charge is -2.34. The molecule has 0 saturated heterocycles. The lowest BCUT2D eigenvalue weighted by Crippen LogP contribution is -2.49. The van der Waals surface area contributed by atoms with E-state index in [1.807, 2.05) is 6.92 Å². The summed E-state index contributed by atoms with van der Waals surface area (Å²) in [4.78, 5) is 10.8. The number of Topliss-reactive ketones (excluding diaryl/α,β-unsaturated/α-hetero) is 1. The number of carbonyl (C=O) groups excluding carboxylic acids is 1. The van der Waals surface area contributed by atoms with Crippen molar-refractivity contribution >= 4 is 56.3 Å². The quantitative estimate of drug-likeness (QED) is 0.675. The third-order valence-electron chi connectivity index (χ3n) is 3.99. The van der Waals surface area contributed by atoms with Crippen LogP contribution in [0.15, 0.2) is 44.2 Å². The standard InChI is InChI=1S/C17H18Cl3NO3S/c1-9(2)12-13(18)16(22)17(4,20)15(19)14(12)21-25(23,24)11-7-5-10(3)6-8-11/h5-9,15H,1-4H3. The fourth-order valence-electron chi connectivity index (χ4n) is 2.49. The number of hydrogen-bond donors (Lipinski definition) is 0. The van der Waals surface area contributed by atoms with Crippen LogP contribution in [0.3, 0.4) is 0 Å². The molecule has 25 heavy (non-hydrogen) atoms. The number of carbonyl (C=O) groups is 1. The number of aryl methyl sites for hydroxylation is 1. The molecule has 0 spiro atoms. The highest BCUT2D eigenvalue weighted by atomic mass is 35.5. The number of ketones is 1. The minimum Gasteiger partial charge on any atom is -0.291 e. The summed E-state index contributed by atoms with van der Waals surface area (Å²) >= 11 is 18.8. The largest absolute Gasteiger partial charge is 0.291 e. The molecule has 8 heteroatoms. The zero-order valence-corrected chi connectivity index (χ0v) is 17.3. The first-order chi connectivity index (χ1) is 11.4. The van der Waals surface area contributed by atoms with E-state index in [0.717, 1.165) is 5.56 Å². The van der Waals surface area contributed by atoms with Crippen molar-refractivity contribution in [1.82, 2.24) is 0 Å². The van der Waals surface area contributed by atoms with Crippen molar-refractivity contribution in [1.29, 1.82) is 0 Å². The smallest absolute Gasteiger partial charge is 0.282 e. The van der Waals surface area contributed by atoms with Gasteiger partial charge < -0.3 is 0 Å². The van der Waals surface area contributed by atoms with Gasteiger partial charge in [-0.15, -0.1) is 23.2 Å². The van der Waals surface area contributed by atoms with Crippen LogP contribution in [-0.4, -0.2) is 30.2 Å². The summed E-state index contributed by atoms with van der Waals surface area (Å²) in [6.07, 6.45) is 0. The topological polar surface area (TPSA) is 63.6 Å². The van der Waals surface area contributed by atoms with Crippen LogP contribution in [0.1, 0.15) is 26.3 Å². The monoisotopic (exact) mass is 421 g/mol. The van der Waals surface area contributed by atoms with Crippen LogP contribution in [0.2, 0.25) is 0 Å². The molecule has 1 aliphatic carbocycles. The Morgan fingerprint density at radius 1 is 1.20 bits per heavy atom. The first-order valence-electron chi connectivity index (χ1n) is 7.59. The van der Waals surface area contributed by atoms with Crippen LogP contribution in [0, 0.1) is 12.8 Å². The van der Waals surface area contributed by atoms with Gasteiger partial charge in [-0.25, -0.2) is 0 Å². The van der Waals surface area contributed by atoms with Crippen LogP contribution in [-0.2, 0) is 14.8 Å². The van der Waals surface area contributed by atoms with Gasteiger partial charge in [0.2, 0.25) is 0 Å². The highest BCUT2D eigenvalue weighted by molar-refractivity contribution is 7.90. The molecule has 0 radical (unpaired) electrons. The highest BCUT2D eigenvalue weighted by Gasteiger charge is 2.49. The van der Waals surface area contributed by atoms with Gasteiger partial charge >= 0.3 is 0 Å². The predicted octanol–water partition coefficient (Wildman–Crippen LogP) is 4.46. The van der Waals surface area contributed by atoms with E-state index in [0.29, 0.717) is 5.57 Å². The van der Waals surface area contributed by atoms with Crippen molar-refractivity contribution in [2.24, 2.45) is 10.3 Å². The van der Waals surface area contributed by atoms with Crippen molar-refractivity contribution in [2.75, 3.05) is 0 Å². The SMILES string of the molecule is Cc1ccc(S(=O)(=O)N=C2C(C(C)C)=C(Cl)C(=O)C(C)(Cl)C2Cl)cc1. The molecule has 0 N–H and O–H groups in total. The Labute approximate surface area is 162 Å². The minimum atomic E-state index is -4.03. The van der Waals surface area contributed by atoms with E-state index in [1.165, 1.54) is 19.1 Å². The Hall–Kier alpha value is -0.880. The number of benzene rings is 1. The predicted molar refractivity (Wildman–Crippen MR) is 102 cm³/mol. The van der Waals surface area contributed by atoms with E-state index in [1.54, 1.807) is 26.0 Å². The van der Waals surface area contributed by atoms with Crippen molar-refractivity contribution in [3.05, 3.63) is 40.4 Å². The summed E-state index contributed by atoms with van der Waals surface area (Å²) in [5.41, 5.74) is 1.24. The summed E-state index contributed by atoms with van der Waals surface area (Å²) in [5.74, 6) is -0.788. The maximum Gasteiger partial charge on any atom is 0.282 e. The second kappa shape index (κ2) is 7.03. The molecule has 1 aliphatic rings. The van der Waals surface area contributed by atoms with Gasteiger partial charge in [0, 0.05) is 5.57 Å². The second-order valence-electron chi connectivity index (χ2n) is 6.41. The molecule has 0 saturated carbocycles. The van der Waals surface area contributed by atoms with E-state index in [2.05, 4.69) is 4.40 Å². The van der Waals surface area contributed by atoms with Gasteiger partial charge in [-0.1, -0.05) is 43.1 Å². The Kier molecular flexibility index (Phi) is 5.74. The molecule has 136 valence electrons. The van der Waals surface area contributed by atoms with E-state index < -0.39 is 26.1 Å². The van der Waals surface area contributed by atoms with Crippen LogP contribution in [0.4, 0.5) is 0 Å². The third-order valence-corrected chi connectivity index (χ3v) is 6.81. The maximum absolute atomic E-state index is 12.7. The average Bonchev–Trinajstić information content (AvgIpc) is 2.51. The van der Waals surface area contributed by atoms with Crippen LogP contribution in [0.5, 0.6) is 0 Å². The Balaban J connectivity index is 2.70. The molecule has 0 aliphatic heterocycles. The van der Waals surface area contributed by atoms with Gasteiger partial charge in [0.05, 0.1) is 15.6 Å². The molecule has 2 atom stereocenters. The first-order valence-corrected chi connectivity index (χ1v) is 10.2. The number of allylic oxidation sites excluding steroid dienone is 2. The summed E-state index contributed by atoms with van der Waals surface area (Å²) < 4.78 is 29.3. The molecule has 0 amide bonds. The number of halogens is 3. The van der Waals surface area contributed by atoms with E-state index in [-0.39, 0.29) is 21.6 Å². The highest BCUT2D eigenvalue weighted by Crippen LogP contribution is 2.41. The van der Waals surface area contributed by atoms with Crippen molar-refractivity contribution < 1.29 is 13.2 Å². The van der Waals surface area contributed by atoms with Gasteiger partial charge in [-0.2, -0.15) is 12.8 Å². The number of rotatable bonds is 3. The van der Waals surface area contributed by atoms with Gasteiger partial charge in [-0.3, -0.25) is 4.79 Å². The fourth-order valence-corrected chi connectivity index (χ4v) is 4.62. The molecule has 4 nitrogen and oxygen atoms in total. The van der Waals surface area contributed by atoms with Crippen molar-refractivity contribution in [2.45, 2.75) is 42.8 Å². The molecule has 2 rings (SSSR count). The molecule has 0 heterocycles. The first kappa shape index (κ1) is 20.4. The van der Waals surface area contributed by atoms with Crippen LogP contribution >= 0.6 is 34.8 Å². The van der Waals surface area contributed by atoms with E-state index >= 15 is 0 Å². The van der Waals surface area contributed by atoms with Gasteiger partial charge in [0.1, 0.15) is 10.3 Å². The lowest BCUT2D eigenvalue weighted by atomic mass is 9.82. The van der Waals surface area contributed by atoms with Crippen LogP contribution in [0.25, 0.3) is 0 Å². The molecule has 1 aromatic carbocycles. The molecule has 1 aromatic rings. The zero-order chi connectivity index (χ0) is 19.2. The lowest BCUT2D eigenvalue weighted by molar-refractivity contribution is -0.117. The summed E-state index contributed by atoms with van der Waals surface area (Å²) in [6.45, 7) is 6.81. The summed E-state index contributed by atoms with van der Waals surface area (Å²) in [6, 6.07) is 6.28. The zero-order valence-electron chi connectivity index (χ0n) is 14.2. The molecule has 0 bridgehead atoms. The molecular weight excluding hydrogens is 405 g/mol. The van der Waals surface area contributed by atoms with E-state index in [9.17, 15) is 13.2 Å². The Morgan fingerprint density at radius 3 is 2.20 bits per heavy atom. The normalized spacial score (nSPS) is 26.6. The molecule has 0 fully saturated rings. The van der Waals surface area contributed by atoms with Crippen molar-refractivity contribution in [3.8, 4) is 0 Å². The van der Waals surface area contributed by atoms with E-state index in [4.69, 9.17) is 34.8 Å². The number of nitrogens with zero attached hydrogens (tertiary/aromatic N) is 1. The van der Waals surface area contributed by atoms with Gasteiger partial charge in [-0.05, 0) is 31.9 Å². The average molecular weight is 423 g/mol. The molecule has 0 aromatic heterocycles. The number of alkyl halides is 2. The van der Waals surface area contributed by atoms with Gasteiger partial charge in [0.15, 0.2) is 5.78 Å². The Bertz CT molecular complexity index is 869. The summed E-state index contributed by atoms with van der Waals surface area (Å²) in [7, 11) is -4.03. The fraction of sp³-hybridized carbons (Fsp3) is 0.412. The second-order valence-corrected chi connectivity index (χ2v) is 9.62. The number of hydrogen-bond acceptors (Lipinski definition) is 3. The Morgan fingerprint density at radius 2 is 1.72 bits per heavy atom. The maximum atomic E-state index is 12.7. The van der Waals surface area contributed by atoms with Gasteiger partial charge in [0.25, 0.3) is 10.0 Å².